The van der Waals surface area contributed by atoms with E-state index in [0.717, 1.165) is 4.88 Å². The predicted molar refractivity (Wildman–Crippen MR) is 119 cm³/mol. The molecule has 32 heavy (non-hydrogen) atoms. The number of thiophene rings is 1. The van der Waals surface area contributed by atoms with Crippen LogP contribution >= 0.6 is 11.3 Å². The second-order valence-corrected chi connectivity index (χ2v) is 9.62. The molecule has 5 aromatic rings. The van der Waals surface area contributed by atoms with Gasteiger partial charge in [-0.05, 0) is 41.3 Å². The van der Waals surface area contributed by atoms with Crippen LogP contribution in [0.2, 0.25) is 0 Å². The summed E-state index contributed by atoms with van der Waals surface area (Å²) in [5, 5.41) is 5.92. The Balaban J connectivity index is 1.44. The van der Waals surface area contributed by atoms with Gasteiger partial charge >= 0.3 is 5.76 Å². The monoisotopic (exact) mass is 468 g/mol. The molecule has 0 saturated carbocycles. The highest BCUT2D eigenvalue weighted by atomic mass is 32.2. The van der Waals surface area contributed by atoms with E-state index in [2.05, 4.69) is 14.9 Å². The zero-order valence-electron chi connectivity index (χ0n) is 16.7. The Hall–Kier alpha value is -3.70. The minimum Gasteiger partial charge on any atom is -0.408 e. The number of aryl methyl sites for hydroxylation is 1. The molecule has 0 radical (unpaired) electrons. The predicted octanol–water partition coefficient (Wildman–Crippen LogP) is 3.63. The maximum Gasteiger partial charge on any atom is 0.419 e. The van der Waals surface area contributed by atoms with Crippen molar-refractivity contribution < 1.29 is 17.4 Å². The summed E-state index contributed by atoms with van der Waals surface area (Å²) in [7, 11) is -2.41. The summed E-state index contributed by atoms with van der Waals surface area (Å²) in [5.74, 6) is 0.302. The fourth-order valence-electron chi connectivity index (χ4n) is 3.25. The summed E-state index contributed by atoms with van der Waals surface area (Å²) in [6, 6.07) is 15.0. The Bertz CT molecular complexity index is 1580. The summed E-state index contributed by atoms with van der Waals surface area (Å²) in [4.78, 5) is 17.0. The van der Waals surface area contributed by atoms with Crippen molar-refractivity contribution in [2.45, 2.75) is 11.3 Å². The van der Waals surface area contributed by atoms with Gasteiger partial charge in [-0.25, -0.2) is 13.2 Å². The summed E-state index contributed by atoms with van der Waals surface area (Å²) < 4.78 is 40.4. The maximum atomic E-state index is 13.0. The molecule has 9 nitrogen and oxygen atoms in total. The summed E-state index contributed by atoms with van der Waals surface area (Å²) in [6.07, 6.45) is 0.256. The van der Waals surface area contributed by atoms with E-state index in [1.165, 1.54) is 41.2 Å². The summed E-state index contributed by atoms with van der Waals surface area (Å²) >= 11 is 1.50. The molecular formula is C21H16N4O5S2. The van der Waals surface area contributed by atoms with Crippen molar-refractivity contribution in [3.63, 3.8) is 0 Å². The molecule has 0 spiro atoms. The molecule has 0 aliphatic carbocycles. The lowest BCUT2D eigenvalue weighted by Crippen LogP contribution is -2.15. The lowest BCUT2D eigenvalue weighted by molar-refractivity contribution is 0.386. The third kappa shape index (κ3) is 3.72. The second-order valence-electron chi connectivity index (χ2n) is 6.98. The van der Waals surface area contributed by atoms with E-state index in [1.807, 2.05) is 17.5 Å². The molecule has 5 rings (SSSR count). The number of sulfonamides is 1. The van der Waals surface area contributed by atoms with Crippen molar-refractivity contribution in [2.75, 3.05) is 4.72 Å². The van der Waals surface area contributed by atoms with Crippen LogP contribution < -0.4 is 10.5 Å². The maximum absolute atomic E-state index is 13.0. The smallest absolute Gasteiger partial charge is 0.408 e. The molecule has 0 unspecified atom stereocenters. The second kappa shape index (κ2) is 7.77. The molecule has 11 heteroatoms. The van der Waals surface area contributed by atoms with Crippen LogP contribution in [0.15, 0.2) is 78.6 Å². The zero-order chi connectivity index (χ0) is 22.3. The number of para-hydroxylation sites is 1. The molecule has 0 fully saturated rings. The van der Waals surface area contributed by atoms with Crippen molar-refractivity contribution in [3.8, 4) is 10.7 Å². The fraction of sp³-hybridized carbons (Fsp3) is 0.0952. The van der Waals surface area contributed by atoms with Gasteiger partial charge in [0, 0.05) is 7.05 Å². The first-order chi connectivity index (χ1) is 15.4. The zero-order valence-corrected chi connectivity index (χ0v) is 18.3. The molecule has 0 aliphatic heterocycles. The van der Waals surface area contributed by atoms with Gasteiger partial charge in [0.1, 0.15) is 0 Å². The van der Waals surface area contributed by atoms with Gasteiger partial charge in [0.2, 0.25) is 11.7 Å². The summed E-state index contributed by atoms with van der Waals surface area (Å²) in [5.41, 5.74) is 1.77. The van der Waals surface area contributed by atoms with E-state index in [1.54, 1.807) is 24.3 Å². The number of hydrogen-bond donors (Lipinski definition) is 1. The number of nitrogens with zero attached hydrogens (tertiary/aromatic N) is 3. The van der Waals surface area contributed by atoms with Gasteiger partial charge in [-0.3, -0.25) is 9.29 Å². The average molecular weight is 469 g/mol. The normalized spacial score (nSPS) is 11.8. The van der Waals surface area contributed by atoms with Crippen molar-refractivity contribution in [1.29, 1.82) is 0 Å². The van der Waals surface area contributed by atoms with E-state index < -0.39 is 15.8 Å². The SMILES string of the molecule is Cn1c(=O)oc2ccc(S(=O)(=O)Nc3ccccc3Cc3nc(-c4cccs4)no3)cc21. The Morgan fingerprint density at radius 1 is 1.12 bits per heavy atom. The highest BCUT2D eigenvalue weighted by Crippen LogP contribution is 2.26. The number of hydrogen-bond acceptors (Lipinski definition) is 8. The first-order valence-corrected chi connectivity index (χ1v) is 11.8. The molecule has 3 heterocycles. The Morgan fingerprint density at radius 3 is 2.78 bits per heavy atom. The first-order valence-electron chi connectivity index (χ1n) is 9.47. The molecular weight excluding hydrogens is 452 g/mol. The van der Waals surface area contributed by atoms with Crippen molar-refractivity contribution >= 4 is 38.1 Å². The average Bonchev–Trinajstić information content (AvgIpc) is 3.51. The third-order valence-corrected chi connectivity index (χ3v) is 7.12. The van der Waals surface area contributed by atoms with Crippen molar-refractivity contribution in [1.82, 2.24) is 14.7 Å². The summed E-state index contributed by atoms with van der Waals surface area (Å²) in [6.45, 7) is 0. The minimum absolute atomic E-state index is 0.00831. The Kier molecular flexibility index (Phi) is 4.91. The van der Waals surface area contributed by atoms with Crippen LogP contribution in [-0.4, -0.2) is 23.1 Å². The topological polar surface area (TPSA) is 120 Å². The number of aromatic nitrogens is 3. The largest absolute Gasteiger partial charge is 0.419 e. The standard InChI is InChI=1S/C21H16N4O5S2/c1-25-16-12-14(8-9-17(16)29-21(25)26)32(27,28)24-15-6-3-2-5-13(15)11-19-22-20(23-30-19)18-7-4-10-31-18/h2-10,12,24H,11H2,1H3. The molecule has 2 aromatic carbocycles. The number of rotatable bonds is 6. The van der Waals surface area contributed by atoms with Crippen LogP contribution in [0, 0.1) is 0 Å². The van der Waals surface area contributed by atoms with Crippen molar-refractivity contribution in [3.05, 3.63) is 82.0 Å². The highest BCUT2D eigenvalue weighted by Gasteiger charge is 2.19. The van der Waals surface area contributed by atoms with Crippen LogP contribution in [0.3, 0.4) is 0 Å². The van der Waals surface area contributed by atoms with Crippen LogP contribution in [0.25, 0.3) is 21.8 Å². The van der Waals surface area contributed by atoms with E-state index >= 15 is 0 Å². The minimum atomic E-state index is -3.93. The van der Waals surface area contributed by atoms with Crippen LogP contribution in [0.4, 0.5) is 5.69 Å². The van der Waals surface area contributed by atoms with Gasteiger partial charge in [-0.15, -0.1) is 11.3 Å². The first kappa shape index (κ1) is 20.2. The molecule has 3 aromatic heterocycles. The van der Waals surface area contributed by atoms with Gasteiger partial charge in [-0.2, -0.15) is 4.98 Å². The van der Waals surface area contributed by atoms with E-state index in [4.69, 9.17) is 8.94 Å². The van der Waals surface area contributed by atoms with Gasteiger partial charge < -0.3 is 8.94 Å². The lowest BCUT2D eigenvalue weighted by atomic mass is 10.1. The van der Waals surface area contributed by atoms with E-state index in [9.17, 15) is 13.2 Å². The van der Waals surface area contributed by atoms with E-state index in [0.29, 0.717) is 34.1 Å². The lowest BCUT2D eigenvalue weighted by Gasteiger charge is -2.12. The van der Waals surface area contributed by atoms with Crippen LogP contribution in [-0.2, 0) is 23.5 Å². The molecule has 0 aliphatic rings. The Morgan fingerprint density at radius 2 is 1.97 bits per heavy atom. The number of oxazole rings is 1. The third-order valence-electron chi connectivity index (χ3n) is 4.89. The molecule has 0 bridgehead atoms. The van der Waals surface area contributed by atoms with Gasteiger partial charge in [-0.1, -0.05) is 29.4 Å². The van der Waals surface area contributed by atoms with Crippen LogP contribution in [0.1, 0.15) is 11.5 Å². The van der Waals surface area contributed by atoms with Gasteiger partial charge in [0.05, 0.1) is 27.4 Å². The molecule has 0 saturated heterocycles. The number of fused-ring (bicyclic) bond motifs is 1. The van der Waals surface area contributed by atoms with Crippen molar-refractivity contribution in [2.24, 2.45) is 7.05 Å². The quantitative estimate of drug-likeness (QED) is 0.404. The fourth-order valence-corrected chi connectivity index (χ4v) is 5.02. The van der Waals surface area contributed by atoms with E-state index in [-0.39, 0.29) is 11.3 Å². The Labute approximate surface area is 186 Å². The van der Waals surface area contributed by atoms with Gasteiger partial charge in [0.25, 0.3) is 10.0 Å². The number of benzene rings is 2. The number of anilines is 1. The number of nitrogens with one attached hydrogen (secondary N) is 1. The molecule has 0 atom stereocenters. The van der Waals surface area contributed by atoms with Crippen LogP contribution in [0.5, 0.6) is 0 Å². The highest BCUT2D eigenvalue weighted by molar-refractivity contribution is 7.92. The molecule has 1 N–H and O–H groups in total. The van der Waals surface area contributed by atoms with Gasteiger partial charge in [0.15, 0.2) is 5.58 Å². The molecule has 162 valence electrons. The molecule has 0 amide bonds.